The van der Waals surface area contributed by atoms with Gasteiger partial charge in [0.25, 0.3) is 0 Å². The smallest absolute Gasteiger partial charge is 0.249 e. The van der Waals surface area contributed by atoms with Gasteiger partial charge in [0.15, 0.2) is 17.2 Å². The Kier molecular flexibility index (Phi) is 14.6. The van der Waals surface area contributed by atoms with E-state index >= 15 is 8.78 Å². The average Bonchev–Trinajstić information content (AvgIpc) is 3.88. The van der Waals surface area contributed by atoms with Crippen LogP contribution in [0, 0.1) is 23.5 Å². The predicted octanol–water partition coefficient (Wildman–Crippen LogP) is 7.82. The molecule has 1 aromatic heterocycles. The van der Waals surface area contributed by atoms with Crippen LogP contribution in [-0.4, -0.2) is 107 Å². The number of aliphatic hydroxyl groups is 1. The predicted molar refractivity (Wildman–Crippen MR) is 272 cm³/mol. The van der Waals surface area contributed by atoms with E-state index in [4.69, 9.17) is 31.9 Å². The number of likely N-dealkylation sites (tertiary alicyclic amines) is 2. The van der Waals surface area contributed by atoms with Gasteiger partial charge in [0.2, 0.25) is 23.6 Å². The monoisotopic (exact) mass is 1020 g/mol. The molecule has 3 atom stereocenters. The van der Waals surface area contributed by atoms with Gasteiger partial charge < -0.3 is 35.4 Å². The summed E-state index contributed by atoms with van der Waals surface area (Å²) in [6, 6.07) is 19.9. The molecule has 5 N–H and O–H groups in total. The van der Waals surface area contributed by atoms with Crippen LogP contribution in [0.4, 0.5) is 8.78 Å². The number of nitrogens with one attached hydrogen (secondary N) is 2. The molecule has 0 spiro atoms. The standard InChI is InChI=1S/C56H64ClF2N7O7/c1-32-47-45(29-42(58)50(57)49(47)48-40(53(60)69)14-16-44(51(48)59)72-27-26-67)73-56(32,37-6-4-3-5-7-37)31-61-38-11-8-35(9-12-38)55(71)66-24-18-33(19-25-66)30-65-22-20-34(21-23-65)36-10-13-39-43(28-36)64(2)63-52(39)41-15-17-46(68)62-54(41)70/h3-7,10,13-14,16,28-29,32-35,38,41,61,67H,8-9,11-12,15,17-27,30-31H2,1-2H3,(H2,60,69)(H,62,68,70)/t32-,35?,38?,41?,56-/m0/s1. The molecule has 4 aromatic carbocycles. The molecule has 17 heteroatoms. The maximum Gasteiger partial charge on any atom is 0.249 e. The van der Waals surface area contributed by atoms with Crippen molar-refractivity contribution in [3.05, 3.63) is 111 Å². The Labute approximate surface area is 428 Å². The van der Waals surface area contributed by atoms with Crippen molar-refractivity contribution >= 4 is 46.1 Å². The number of rotatable bonds is 14. The summed E-state index contributed by atoms with van der Waals surface area (Å²) < 4.78 is 46.5. The van der Waals surface area contributed by atoms with Crippen LogP contribution >= 0.6 is 11.6 Å². The number of imide groups is 1. The number of nitrogens with zero attached hydrogens (tertiary/aromatic N) is 4. The summed E-state index contributed by atoms with van der Waals surface area (Å²) in [6.45, 7) is 6.28. The van der Waals surface area contributed by atoms with E-state index in [1.165, 1.54) is 23.8 Å². The van der Waals surface area contributed by atoms with Gasteiger partial charge in [-0.15, -0.1) is 0 Å². The Morgan fingerprint density at radius 2 is 1.68 bits per heavy atom. The van der Waals surface area contributed by atoms with Crippen molar-refractivity contribution in [1.29, 1.82) is 0 Å². The number of carbonyl (C=O) groups is 4. The van der Waals surface area contributed by atoms with Crippen molar-refractivity contribution in [2.45, 2.75) is 101 Å². The fraction of sp³-hybridized carbons (Fsp3) is 0.482. The SMILES string of the molecule is C[C@H]1c2c(cc(F)c(Cl)c2-c2c(C(N)=O)ccc(OCCO)c2F)O[C@]1(CNC1CCC(C(=O)N2CCC(CN3CCC(c4ccc5c(C6CCC(=O)NC6=O)nn(C)c5c4)CC3)CC2)CC1)c1ccccc1. The number of ether oxygens (including phenoxy) is 2. The second kappa shape index (κ2) is 21.1. The lowest BCUT2D eigenvalue weighted by Gasteiger charge is -2.40. The van der Waals surface area contributed by atoms with E-state index in [0.29, 0.717) is 36.8 Å². The Morgan fingerprint density at radius 3 is 2.38 bits per heavy atom. The Morgan fingerprint density at radius 1 is 0.945 bits per heavy atom. The van der Waals surface area contributed by atoms with E-state index in [1.54, 1.807) is 0 Å². The van der Waals surface area contributed by atoms with Crippen LogP contribution in [0.15, 0.2) is 66.7 Å². The van der Waals surface area contributed by atoms with Gasteiger partial charge in [-0.1, -0.05) is 61.0 Å². The van der Waals surface area contributed by atoms with Crippen molar-refractivity contribution in [2.75, 3.05) is 52.5 Å². The lowest BCUT2D eigenvalue weighted by molar-refractivity contribution is -0.138. The third kappa shape index (κ3) is 9.83. The summed E-state index contributed by atoms with van der Waals surface area (Å²) in [5.41, 5.74) is 8.38. The van der Waals surface area contributed by atoms with Crippen LogP contribution < -0.4 is 25.8 Å². The van der Waals surface area contributed by atoms with Crippen molar-refractivity contribution < 1.29 is 42.5 Å². The summed E-state index contributed by atoms with van der Waals surface area (Å²) in [7, 11) is 1.92. The Bertz CT molecular complexity index is 2910. The number of aromatic nitrogens is 2. The van der Waals surface area contributed by atoms with Gasteiger partial charge >= 0.3 is 0 Å². The largest absolute Gasteiger partial charge is 0.488 e. The molecule has 0 radical (unpaired) electrons. The molecule has 1 unspecified atom stereocenters. The zero-order valence-electron chi connectivity index (χ0n) is 41.4. The molecule has 10 rings (SSSR count). The van der Waals surface area contributed by atoms with Crippen LogP contribution in [0.25, 0.3) is 22.0 Å². The summed E-state index contributed by atoms with van der Waals surface area (Å²) in [6.07, 6.45) is 8.00. The van der Waals surface area contributed by atoms with E-state index < -0.39 is 40.0 Å². The minimum atomic E-state index is -1.10. The maximum atomic E-state index is 16.5. The zero-order chi connectivity index (χ0) is 51.1. The van der Waals surface area contributed by atoms with E-state index in [-0.39, 0.29) is 71.1 Å². The van der Waals surface area contributed by atoms with E-state index in [9.17, 15) is 24.3 Å². The Balaban J connectivity index is 0.731. The third-order valence-electron chi connectivity index (χ3n) is 16.6. The first-order valence-electron chi connectivity index (χ1n) is 25.9. The normalized spacial score (nSPS) is 24.1. The first kappa shape index (κ1) is 50.6. The number of aliphatic hydroxyl groups excluding tert-OH is 1. The Hall–Kier alpha value is -5.94. The van der Waals surface area contributed by atoms with Gasteiger partial charge in [-0.3, -0.25) is 29.2 Å². The molecule has 4 amide bonds. The molecule has 14 nitrogen and oxygen atoms in total. The minimum absolute atomic E-state index is 0.0450. The van der Waals surface area contributed by atoms with Crippen LogP contribution in [0.5, 0.6) is 11.5 Å². The summed E-state index contributed by atoms with van der Waals surface area (Å²) in [4.78, 5) is 55.9. The van der Waals surface area contributed by atoms with Crippen molar-refractivity contribution in [1.82, 2.24) is 30.2 Å². The molecule has 386 valence electrons. The molecule has 1 saturated carbocycles. The number of aryl methyl sites for hydroxylation is 1. The van der Waals surface area contributed by atoms with Crippen molar-refractivity contribution in [2.24, 2.45) is 24.6 Å². The molecule has 3 saturated heterocycles. The van der Waals surface area contributed by atoms with Crippen LogP contribution in [-0.2, 0) is 27.0 Å². The molecule has 4 fully saturated rings. The molecule has 0 bridgehead atoms. The average molecular weight is 1020 g/mol. The van der Waals surface area contributed by atoms with Gasteiger partial charge in [0, 0.05) is 85.7 Å². The molecule has 73 heavy (non-hydrogen) atoms. The van der Waals surface area contributed by atoms with Gasteiger partial charge in [-0.05, 0) is 112 Å². The summed E-state index contributed by atoms with van der Waals surface area (Å²) in [5, 5.41) is 20.9. The lowest BCUT2D eigenvalue weighted by atomic mass is 9.77. The van der Waals surface area contributed by atoms with Gasteiger partial charge in [-0.25, -0.2) is 8.78 Å². The second-order valence-electron chi connectivity index (χ2n) is 20.8. The fourth-order valence-corrected chi connectivity index (χ4v) is 12.8. The highest BCUT2D eigenvalue weighted by molar-refractivity contribution is 6.34. The molecular formula is C56H64ClF2N7O7. The molecule has 4 aliphatic heterocycles. The fourth-order valence-electron chi connectivity index (χ4n) is 12.5. The topological polar surface area (TPSA) is 181 Å². The molecule has 5 heterocycles. The highest BCUT2D eigenvalue weighted by atomic mass is 35.5. The second-order valence-corrected chi connectivity index (χ2v) is 21.2. The molecule has 1 aliphatic carbocycles. The number of nitrogens with two attached hydrogens (primary N) is 1. The minimum Gasteiger partial charge on any atom is -0.488 e. The van der Waals surface area contributed by atoms with Crippen molar-refractivity contribution in [3.8, 4) is 22.6 Å². The van der Waals surface area contributed by atoms with Gasteiger partial charge in [-0.2, -0.15) is 5.10 Å². The highest BCUT2D eigenvalue weighted by Gasteiger charge is 2.50. The third-order valence-corrected chi connectivity index (χ3v) is 17.0. The molecule has 5 aromatic rings. The van der Waals surface area contributed by atoms with Gasteiger partial charge in [0.1, 0.15) is 18.2 Å². The van der Waals surface area contributed by atoms with E-state index in [1.807, 2.05) is 49.0 Å². The van der Waals surface area contributed by atoms with Crippen LogP contribution in [0.3, 0.4) is 0 Å². The van der Waals surface area contributed by atoms with E-state index in [0.717, 1.165) is 106 Å². The summed E-state index contributed by atoms with van der Waals surface area (Å²) >= 11 is 6.73. The van der Waals surface area contributed by atoms with E-state index in [2.05, 4.69) is 38.6 Å². The number of fused-ring (bicyclic) bond motifs is 2. The number of benzene rings is 4. The number of hydrogen-bond donors (Lipinski definition) is 4. The highest BCUT2D eigenvalue weighted by Crippen LogP contribution is 2.56. The van der Waals surface area contributed by atoms with Gasteiger partial charge in [0.05, 0.1) is 34.3 Å². The number of piperidine rings is 3. The quantitative estimate of drug-likeness (QED) is 0.0802. The summed E-state index contributed by atoms with van der Waals surface area (Å²) in [5.74, 6) is -3.12. The zero-order valence-corrected chi connectivity index (χ0v) is 42.2. The number of primary amides is 1. The van der Waals surface area contributed by atoms with Crippen LogP contribution in [0.2, 0.25) is 5.02 Å². The number of carbonyl (C=O) groups excluding carboxylic acids is 4. The maximum absolute atomic E-state index is 16.5. The van der Waals surface area contributed by atoms with Crippen molar-refractivity contribution in [3.63, 3.8) is 0 Å². The molecular weight excluding hydrogens is 956 g/mol. The lowest BCUT2D eigenvalue weighted by Crippen LogP contribution is -2.49. The van der Waals surface area contributed by atoms with Crippen LogP contribution in [0.1, 0.15) is 122 Å². The number of hydrogen-bond acceptors (Lipinski definition) is 10. The number of halogens is 3. The molecule has 5 aliphatic rings. The first-order chi connectivity index (χ1) is 35.2. The first-order valence-corrected chi connectivity index (χ1v) is 26.3. The number of amides is 4.